The standard InChI is InChI=1S/C15H16O2S/c1-11-14(15(17-3)10-18-11)9-6-12-4-7-13(16-2)8-5-12/h4-10H,1-3H3. The van der Waals surface area contributed by atoms with Gasteiger partial charge < -0.3 is 9.47 Å². The topological polar surface area (TPSA) is 18.5 Å². The van der Waals surface area contributed by atoms with Crippen molar-refractivity contribution in [2.45, 2.75) is 6.92 Å². The second-order valence-corrected chi connectivity index (χ2v) is 4.96. The number of hydrogen-bond donors (Lipinski definition) is 0. The molecule has 1 heterocycles. The van der Waals surface area contributed by atoms with Gasteiger partial charge in [0.15, 0.2) is 0 Å². The van der Waals surface area contributed by atoms with Crippen molar-refractivity contribution in [2.75, 3.05) is 14.2 Å². The molecule has 0 fully saturated rings. The Bertz CT molecular complexity index is 538. The Balaban J connectivity index is 2.21. The Morgan fingerprint density at radius 3 is 2.33 bits per heavy atom. The number of thiophene rings is 1. The van der Waals surface area contributed by atoms with Crippen molar-refractivity contribution >= 4 is 23.5 Å². The van der Waals surface area contributed by atoms with E-state index in [0.717, 1.165) is 22.6 Å². The summed E-state index contributed by atoms with van der Waals surface area (Å²) in [5.74, 6) is 1.80. The largest absolute Gasteiger partial charge is 0.497 e. The quantitative estimate of drug-likeness (QED) is 0.818. The first-order chi connectivity index (χ1) is 8.74. The average Bonchev–Trinajstić information content (AvgIpc) is 2.77. The smallest absolute Gasteiger partial charge is 0.137 e. The van der Waals surface area contributed by atoms with Gasteiger partial charge in [-0.2, -0.15) is 0 Å². The summed E-state index contributed by atoms with van der Waals surface area (Å²) in [6.45, 7) is 2.10. The third kappa shape index (κ3) is 2.74. The summed E-state index contributed by atoms with van der Waals surface area (Å²) in [6, 6.07) is 7.97. The molecule has 0 radical (unpaired) electrons. The molecule has 1 aromatic carbocycles. The number of ether oxygens (including phenoxy) is 2. The second kappa shape index (κ2) is 5.74. The summed E-state index contributed by atoms with van der Waals surface area (Å²) >= 11 is 1.70. The van der Waals surface area contributed by atoms with Crippen LogP contribution in [0.5, 0.6) is 11.5 Å². The zero-order valence-electron chi connectivity index (χ0n) is 10.8. The van der Waals surface area contributed by atoms with E-state index in [1.54, 1.807) is 25.6 Å². The molecule has 0 atom stereocenters. The number of aryl methyl sites for hydroxylation is 1. The monoisotopic (exact) mass is 260 g/mol. The lowest BCUT2D eigenvalue weighted by atomic mass is 10.1. The van der Waals surface area contributed by atoms with Crippen molar-refractivity contribution in [3.05, 3.63) is 45.6 Å². The van der Waals surface area contributed by atoms with Crippen LogP contribution in [0.1, 0.15) is 16.0 Å². The minimum Gasteiger partial charge on any atom is -0.497 e. The molecule has 2 nitrogen and oxygen atoms in total. The summed E-state index contributed by atoms with van der Waals surface area (Å²) in [7, 11) is 3.37. The molecule has 0 spiro atoms. The molecule has 18 heavy (non-hydrogen) atoms. The van der Waals surface area contributed by atoms with E-state index >= 15 is 0 Å². The Morgan fingerprint density at radius 2 is 1.72 bits per heavy atom. The maximum atomic E-state index is 5.33. The van der Waals surface area contributed by atoms with Crippen LogP contribution in [0, 0.1) is 6.92 Å². The van der Waals surface area contributed by atoms with Crippen LogP contribution in [0.25, 0.3) is 12.2 Å². The zero-order valence-corrected chi connectivity index (χ0v) is 11.6. The molecule has 0 bridgehead atoms. The van der Waals surface area contributed by atoms with E-state index in [-0.39, 0.29) is 0 Å². The van der Waals surface area contributed by atoms with E-state index < -0.39 is 0 Å². The van der Waals surface area contributed by atoms with Crippen LogP contribution in [0.15, 0.2) is 29.6 Å². The highest BCUT2D eigenvalue weighted by Crippen LogP contribution is 2.30. The van der Waals surface area contributed by atoms with Crippen LogP contribution in [0.2, 0.25) is 0 Å². The third-order valence-corrected chi connectivity index (χ3v) is 3.67. The fraction of sp³-hybridized carbons (Fsp3) is 0.200. The number of methoxy groups -OCH3 is 2. The predicted molar refractivity (Wildman–Crippen MR) is 77.5 cm³/mol. The van der Waals surface area contributed by atoms with Gasteiger partial charge in [0, 0.05) is 15.8 Å². The van der Waals surface area contributed by atoms with E-state index in [4.69, 9.17) is 9.47 Å². The van der Waals surface area contributed by atoms with E-state index in [1.165, 1.54) is 4.88 Å². The molecular weight excluding hydrogens is 244 g/mol. The first-order valence-electron chi connectivity index (χ1n) is 5.69. The van der Waals surface area contributed by atoms with E-state index in [1.807, 2.05) is 29.6 Å². The molecule has 2 rings (SSSR count). The van der Waals surface area contributed by atoms with Crippen molar-refractivity contribution < 1.29 is 9.47 Å². The van der Waals surface area contributed by atoms with E-state index in [2.05, 4.69) is 19.1 Å². The van der Waals surface area contributed by atoms with Crippen LogP contribution < -0.4 is 9.47 Å². The molecule has 2 aromatic rings. The zero-order chi connectivity index (χ0) is 13.0. The lowest BCUT2D eigenvalue weighted by Gasteiger charge is -2.00. The average molecular weight is 260 g/mol. The van der Waals surface area contributed by atoms with Crippen LogP contribution in [0.4, 0.5) is 0 Å². The van der Waals surface area contributed by atoms with Crippen LogP contribution in [0.3, 0.4) is 0 Å². The fourth-order valence-corrected chi connectivity index (χ4v) is 2.50. The lowest BCUT2D eigenvalue weighted by Crippen LogP contribution is -1.83. The molecule has 1 aromatic heterocycles. The summed E-state index contributed by atoms with van der Waals surface area (Å²) in [4.78, 5) is 1.26. The molecular formula is C15H16O2S. The summed E-state index contributed by atoms with van der Waals surface area (Å²) in [6.07, 6.45) is 4.17. The predicted octanol–water partition coefficient (Wildman–Crippen LogP) is 4.24. The minimum absolute atomic E-state index is 0.872. The molecule has 0 aliphatic carbocycles. The molecule has 0 aliphatic rings. The molecule has 0 amide bonds. The lowest BCUT2D eigenvalue weighted by molar-refractivity contribution is 0.414. The van der Waals surface area contributed by atoms with Gasteiger partial charge in [0.2, 0.25) is 0 Å². The van der Waals surface area contributed by atoms with Crippen molar-refractivity contribution in [3.63, 3.8) is 0 Å². The maximum absolute atomic E-state index is 5.33. The highest BCUT2D eigenvalue weighted by Gasteiger charge is 2.05. The first kappa shape index (κ1) is 12.7. The Labute approximate surface area is 111 Å². The Morgan fingerprint density at radius 1 is 1.00 bits per heavy atom. The highest BCUT2D eigenvalue weighted by atomic mass is 32.1. The van der Waals surface area contributed by atoms with E-state index in [0.29, 0.717) is 0 Å². The fourth-order valence-electron chi connectivity index (χ4n) is 1.69. The van der Waals surface area contributed by atoms with E-state index in [9.17, 15) is 0 Å². The van der Waals surface area contributed by atoms with Crippen LogP contribution >= 0.6 is 11.3 Å². The highest BCUT2D eigenvalue weighted by molar-refractivity contribution is 7.10. The van der Waals surface area contributed by atoms with Gasteiger partial charge in [-0.15, -0.1) is 11.3 Å². The van der Waals surface area contributed by atoms with Crippen molar-refractivity contribution in [2.24, 2.45) is 0 Å². The van der Waals surface area contributed by atoms with Gasteiger partial charge in [-0.1, -0.05) is 18.2 Å². The molecule has 0 saturated carbocycles. The number of rotatable bonds is 4. The van der Waals surface area contributed by atoms with Gasteiger partial charge in [-0.05, 0) is 30.7 Å². The van der Waals surface area contributed by atoms with Gasteiger partial charge in [0.05, 0.1) is 14.2 Å². The molecule has 0 saturated heterocycles. The second-order valence-electron chi connectivity index (χ2n) is 3.88. The summed E-state index contributed by atoms with van der Waals surface area (Å²) < 4.78 is 10.5. The van der Waals surface area contributed by atoms with Gasteiger partial charge in [-0.25, -0.2) is 0 Å². The third-order valence-electron chi connectivity index (χ3n) is 2.77. The Hall–Kier alpha value is -1.74. The molecule has 94 valence electrons. The SMILES string of the molecule is COc1ccc(C=Cc2c(OC)csc2C)cc1. The summed E-state index contributed by atoms with van der Waals surface area (Å²) in [5.41, 5.74) is 2.29. The van der Waals surface area contributed by atoms with Crippen molar-refractivity contribution in [1.82, 2.24) is 0 Å². The number of benzene rings is 1. The molecule has 0 unspecified atom stereocenters. The number of hydrogen-bond acceptors (Lipinski definition) is 3. The first-order valence-corrected chi connectivity index (χ1v) is 6.56. The van der Waals surface area contributed by atoms with Gasteiger partial charge in [-0.3, -0.25) is 0 Å². The van der Waals surface area contributed by atoms with Crippen LogP contribution in [-0.4, -0.2) is 14.2 Å². The van der Waals surface area contributed by atoms with Crippen molar-refractivity contribution in [3.8, 4) is 11.5 Å². The van der Waals surface area contributed by atoms with Gasteiger partial charge in [0.1, 0.15) is 11.5 Å². The van der Waals surface area contributed by atoms with Crippen LogP contribution in [-0.2, 0) is 0 Å². The summed E-state index contributed by atoms with van der Waals surface area (Å²) in [5, 5.41) is 2.03. The Kier molecular flexibility index (Phi) is 4.05. The minimum atomic E-state index is 0.872. The molecule has 0 aliphatic heterocycles. The molecule has 3 heteroatoms. The maximum Gasteiger partial charge on any atom is 0.137 e. The van der Waals surface area contributed by atoms with Gasteiger partial charge >= 0.3 is 0 Å². The normalized spacial score (nSPS) is 10.8. The van der Waals surface area contributed by atoms with Crippen molar-refractivity contribution in [1.29, 1.82) is 0 Å². The van der Waals surface area contributed by atoms with Gasteiger partial charge in [0.25, 0.3) is 0 Å². The molecule has 0 N–H and O–H groups in total.